The van der Waals surface area contributed by atoms with Gasteiger partial charge >= 0.3 is 6.18 Å². The van der Waals surface area contributed by atoms with E-state index in [1.54, 1.807) is 0 Å². The second kappa shape index (κ2) is 5.83. The lowest BCUT2D eigenvalue weighted by atomic mass is 10.2. The summed E-state index contributed by atoms with van der Waals surface area (Å²) in [5.41, 5.74) is 0.139. The normalized spacial score (nSPS) is 11.6. The molecule has 3 nitrogen and oxygen atoms in total. The van der Waals surface area contributed by atoms with Crippen molar-refractivity contribution in [1.82, 2.24) is 0 Å². The van der Waals surface area contributed by atoms with Gasteiger partial charge in [0.15, 0.2) is 18.4 Å². The molecular weight excluding hydrogens is 244 g/mol. The molecule has 0 unspecified atom stereocenters. The Bertz CT molecular complexity index is 365. The zero-order chi connectivity index (χ0) is 12.9. The molecule has 1 aromatic rings. The highest BCUT2D eigenvalue weighted by Crippen LogP contribution is 2.23. The van der Waals surface area contributed by atoms with Crippen molar-refractivity contribution in [3.63, 3.8) is 0 Å². The molecule has 17 heavy (non-hydrogen) atoms. The topological polar surface area (TPSA) is 38.7 Å². The van der Waals surface area contributed by atoms with E-state index in [1.807, 2.05) is 0 Å². The van der Waals surface area contributed by atoms with Crippen LogP contribution in [0.15, 0.2) is 18.2 Å². The molecule has 0 heterocycles. The van der Waals surface area contributed by atoms with Gasteiger partial charge in [-0.05, 0) is 6.07 Å². The van der Waals surface area contributed by atoms with Crippen molar-refractivity contribution >= 4 is 0 Å². The van der Waals surface area contributed by atoms with Crippen LogP contribution in [0.3, 0.4) is 0 Å². The maximum absolute atomic E-state index is 13.2. The van der Waals surface area contributed by atoms with Crippen LogP contribution in [0.4, 0.5) is 17.6 Å². The highest BCUT2D eigenvalue weighted by atomic mass is 19.4. The maximum atomic E-state index is 13.2. The molecule has 0 fully saturated rings. The first-order valence-corrected chi connectivity index (χ1v) is 4.59. The molecule has 0 radical (unpaired) electrons. The third-order valence-corrected chi connectivity index (χ3v) is 1.77. The fourth-order valence-electron chi connectivity index (χ4n) is 1.10. The van der Waals surface area contributed by atoms with Crippen molar-refractivity contribution < 1.29 is 32.1 Å². The van der Waals surface area contributed by atoms with E-state index in [2.05, 4.69) is 4.74 Å². The van der Waals surface area contributed by atoms with Crippen molar-refractivity contribution in [2.75, 3.05) is 13.4 Å². The van der Waals surface area contributed by atoms with Crippen molar-refractivity contribution in [2.45, 2.75) is 12.8 Å². The molecule has 0 aromatic heterocycles. The summed E-state index contributed by atoms with van der Waals surface area (Å²) in [6.07, 6.45) is -4.46. The first-order chi connectivity index (χ1) is 7.94. The smallest absolute Gasteiger partial charge is 0.411 e. The summed E-state index contributed by atoms with van der Waals surface area (Å²) >= 11 is 0. The average Bonchev–Trinajstić information content (AvgIpc) is 2.24. The third-order valence-electron chi connectivity index (χ3n) is 1.77. The van der Waals surface area contributed by atoms with Gasteiger partial charge in [-0.25, -0.2) is 4.39 Å². The first kappa shape index (κ1) is 13.7. The van der Waals surface area contributed by atoms with Crippen LogP contribution in [0.25, 0.3) is 0 Å². The van der Waals surface area contributed by atoms with Crippen LogP contribution in [-0.2, 0) is 11.3 Å². The molecular formula is C10H10F4O3. The molecule has 1 aromatic carbocycles. The minimum Gasteiger partial charge on any atom is -0.464 e. The zero-order valence-electron chi connectivity index (χ0n) is 8.63. The molecule has 96 valence electrons. The lowest BCUT2D eigenvalue weighted by Crippen LogP contribution is -2.19. The highest BCUT2D eigenvalue weighted by molar-refractivity contribution is 5.34. The van der Waals surface area contributed by atoms with E-state index in [1.165, 1.54) is 12.1 Å². The lowest BCUT2D eigenvalue weighted by molar-refractivity contribution is -0.187. The molecule has 1 rings (SSSR count). The Morgan fingerprint density at radius 2 is 1.94 bits per heavy atom. The summed E-state index contributed by atoms with van der Waals surface area (Å²) in [4.78, 5) is 0. The van der Waals surface area contributed by atoms with Crippen LogP contribution >= 0.6 is 0 Å². The van der Waals surface area contributed by atoms with Crippen LogP contribution in [0, 0.1) is 5.82 Å². The minimum atomic E-state index is -4.46. The predicted octanol–water partition coefficient (Wildman–Crippen LogP) is 2.23. The van der Waals surface area contributed by atoms with Gasteiger partial charge in [0.05, 0.1) is 6.61 Å². The standard InChI is InChI=1S/C10H10F4O3/c11-8-3-1-2-7(4-15)9(8)17-6-16-5-10(12,13)14/h1-3,15H,4-6H2. The maximum Gasteiger partial charge on any atom is 0.411 e. The Morgan fingerprint density at radius 3 is 2.53 bits per heavy atom. The van der Waals surface area contributed by atoms with Crippen molar-refractivity contribution in [3.8, 4) is 5.75 Å². The van der Waals surface area contributed by atoms with Crippen molar-refractivity contribution in [3.05, 3.63) is 29.6 Å². The van der Waals surface area contributed by atoms with Crippen LogP contribution in [0.2, 0.25) is 0 Å². The molecule has 0 spiro atoms. The van der Waals surface area contributed by atoms with Gasteiger partial charge in [0, 0.05) is 5.56 Å². The van der Waals surface area contributed by atoms with E-state index in [9.17, 15) is 17.6 Å². The molecule has 0 atom stereocenters. The number of benzene rings is 1. The van der Waals surface area contributed by atoms with E-state index in [0.717, 1.165) is 6.07 Å². The Kier molecular flexibility index (Phi) is 4.71. The molecule has 0 saturated carbocycles. The van der Waals surface area contributed by atoms with Gasteiger partial charge in [0.25, 0.3) is 0 Å². The fraction of sp³-hybridized carbons (Fsp3) is 0.400. The summed E-state index contributed by atoms with van der Waals surface area (Å²) < 4.78 is 57.2. The van der Waals surface area contributed by atoms with Gasteiger partial charge in [-0.2, -0.15) is 13.2 Å². The van der Waals surface area contributed by atoms with Crippen molar-refractivity contribution in [2.24, 2.45) is 0 Å². The number of alkyl halides is 3. The average molecular weight is 254 g/mol. The third kappa shape index (κ3) is 4.58. The predicted molar refractivity (Wildman–Crippen MR) is 49.8 cm³/mol. The van der Waals surface area contributed by atoms with Crippen LogP contribution in [-0.4, -0.2) is 24.7 Å². The van der Waals surface area contributed by atoms with E-state index in [0.29, 0.717) is 0 Å². The first-order valence-electron chi connectivity index (χ1n) is 4.59. The zero-order valence-corrected chi connectivity index (χ0v) is 8.63. The largest absolute Gasteiger partial charge is 0.464 e. The Hall–Kier alpha value is -1.34. The number of rotatable bonds is 5. The van der Waals surface area contributed by atoms with Crippen LogP contribution < -0.4 is 4.74 Å². The second-order valence-electron chi connectivity index (χ2n) is 3.11. The van der Waals surface area contributed by atoms with E-state index in [4.69, 9.17) is 9.84 Å². The fourth-order valence-corrected chi connectivity index (χ4v) is 1.10. The Balaban J connectivity index is 2.52. The molecule has 0 amide bonds. The van der Waals surface area contributed by atoms with E-state index in [-0.39, 0.29) is 11.3 Å². The van der Waals surface area contributed by atoms with Crippen LogP contribution in [0.5, 0.6) is 5.75 Å². The summed E-state index contributed by atoms with van der Waals surface area (Å²) in [6.45, 7) is -2.70. The number of aliphatic hydroxyl groups is 1. The van der Waals surface area contributed by atoms with Gasteiger partial charge in [-0.3, -0.25) is 0 Å². The summed E-state index contributed by atoms with van der Waals surface area (Å²) in [5.74, 6) is -1.08. The monoisotopic (exact) mass is 254 g/mol. The van der Waals surface area contributed by atoms with Gasteiger partial charge in [0.2, 0.25) is 0 Å². The van der Waals surface area contributed by atoms with E-state index >= 15 is 0 Å². The van der Waals surface area contributed by atoms with Gasteiger partial charge in [0.1, 0.15) is 6.61 Å². The number of ether oxygens (including phenoxy) is 2. The second-order valence-corrected chi connectivity index (χ2v) is 3.11. The quantitative estimate of drug-likeness (QED) is 0.497. The molecule has 0 aliphatic rings. The van der Waals surface area contributed by atoms with Gasteiger partial charge in [-0.15, -0.1) is 0 Å². The molecule has 0 aliphatic carbocycles. The number of hydrogen-bond donors (Lipinski definition) is 1. The number of para-hydroxylation sites is 1. The molecule has 0 aliphatic heterocycles. The van der Waals surface area contributed by atoms with E-state index < -0.39 is 32.0 Å². The molecule has 1 N–H and O–H groups in total. The summed E-state index contributed by atoms with van der Waals surface area (Å²) in [7, 11) is 0. The molecule has 0 bridgehead atoms. The number of aliphatic hydroxyl groups excluding tert-OH is 1. The number of halogens is 4. The summed E-state index contributed by atoms with van der Waals surface area (Å²) in [6, 6.07) is 3.81. The molecule has 0 saturated heterocycles. The number of hydrogen-bond acceptors (Lipinski definition) is 3. The van der Waals surface area contributed by atoms with Crippen molar-refractivity contribution in [1.29, 1.82) is 0 Å². The minimum absolute atomic E-state index is 0.139. The van der Waals surface area contributed by atoms with Gasteiger partial charge < -0.3 is 14.6 Å². The van der Waals surface area contributed by atoms with Crippen LogP contribution in [0.1, 0.15) is 5.56 Å². The SMILES string of the molecule is OCc1cccc(F)c1OCOCC(F)(F)F. The highest BCUT2D eigenvalue weighted by Gasteiger charge is 2.27. The Morgan fingerprint density at radius 1 is 1.24 bits per heavy atom. The lowest BCUT2D eigenvalue weighted by Gasteiger charge is -2.12. The molecule has 7 heteroatoms. The Labute approximate surface area is 94.6 Å². The summed E-state index contributed by atoms with van der Waals surface area (Å²) in [5, 5.41) is 8.86. The van der Waals surface area contributed by atoms with Gasteiger partial charge in [-0.1, -0.05) is 12.1 Å².